The molecule has 1 amide bonds. The second-order valence-electron chi connectivity index (χ2n) is 6.13. The summed E-state index contributed by atoms with van der Waals surface area (Å²) in [5, 5.41) is 2.73. The molecule has 0 heterocycles. The number of hydrogen-bond acceptors (Lipinski definition) is 4. The van der Waals surface area contributed by atoms with Crippen LogP contribution in [0, 0.1) is 6.92 Å². The van der Waals surface area contributed by atoms with E-state index in [0.717, 1.165) is 17.4 Å². The normalized spacial score (nSPS) is 11.6. The Morgan fingerprint density at radius 2 is 2.00 bits per heavy atom. The summed E-state index contributed by atoms with van der Waals surface area (Å²) in [7, 11) is -1.98. The number of amides is 1. The number of nitrogens with one attached hydrogen (secondary N) is 1. The summed E-state index contributed by atoms with van der Waals surface area (Å²) >= 11 is 0. The summed E-state index contributed by atoms with van der Waals surface area (Å²) in [6.07, 6.45) is 1.81. The van der Waals surface area contributed by atoms with Gasteiger partial charge in [0.05, 0.1) is 11.9 Å². The maximum Gasteiger partial charge on any atom is 0.240 e. The molecule has 1 aromatic carbocycles. The summed E-state index contributed by atoms with van der Waals surface area (Å²) in [5.41, 5.74) is 2.34. The van der Waals surface area contributed by atoms with Gasteiger partial charge in [0.25, 0.3) is 0 Å². The summed E-state index contributed by atoms with van der Waals surface area (Å²) < 4.78 is 30.7. The van der Waals surface area contributed by atoms with Crippen LogP contribution in [0.25, 0.3) is 0 Å². The zero-order valence-electron chi connectivity index (χ0n) is 15.1. The number of ether oxygens (including phenoxy) is 1. The van der Waals surface area contributed by atoms with E-state index in [2.05, 4.69) is 5.32 Å². The quantitative estimate of drug-likeness (QED) is 0.687. The largest absolute Gasteiger partial charge is 0.385 e. The molecule has 1 N–H and O–H groups in total. The van der Waals surface area contributed by atoms with Crippen LogP contribution in [-0.4, -0.2) is 47.4 Å². The maximum absolute atomic E-state index is 12.3. The molecule has 0 aliphatic heterocycles. The van der Waals surface area contributed by atoms with Crippen LogP contribution in [0.1, 0.15) is 37.3 Å². The first-order chi connectivity index (χ1) is 11.2. The van der Waals surface area contributed by atoms with Crippen molar-refractivity contribution in [3.8, 4) is 0 Å². The molecule has 0 saturated carbocycles. The number of methoxy groups -OCH3 is 1. The third kappa shape index (κ3) is 5.79. The van der Waals surface area contributed by atoms with Gasteiger partial charge in [-0.05, 0) is 30.4 Å². The molecule has 7 heteroatoms. The minimum atomic E-state index is -3.58. The Balaban J connectivity index is 3.07. The predicted molar refractivity (Wildman–Crippen MR) is 97.0 cm³/mol. The molecular weight excluding hydrogens is 328 g/mol. The van der Waals surface area contributed by atoms with Gasteiger partial charge in [0.1, 0.15) is 6.54 Å². The van der Waals surface area contributed by atoms with Crippen molar-refractivity contribution in [3.05, 3.63) is 29.3 Å². The summed E-state index contributed by atoms with van der Waals surface area (Å²) in [5.74, 6) is -0.177. The molecule has 1 aromatic rings. The van der Waals surface area contributed by atoms with Gasteiger partial charge in [-0.2, -0.15) is 0 Å². The average molecular weight is 356 g/mol. The standard InChI is InChI=1S/C17H28N2O4S/c1-13(2)15-9-6-8-14(3)17(15)19(24(5,21)22)12-16(20)18-10-7-11-23-4/h6,8-9,13H,7,10-12H2,1-5H3,(H,18,20). The molecule has 0 aromatic heterocycles. The molecule has 0 saturated heterocycles. The highest BCUT2D eigenvalue weighted by molar-refractivity contribution is 7.92. The van der Waals surface area contributed by atoms with Crippen molar-refractivity contribution in [3.63, 3.8) is 0 Å². The summed E-state index contributed by atoms with van der Waals surface area (Å²) in [6, 6.07) is 5.66. The Hall–Kier alpha value is -1.60. The highest BCUT2D eigenvalue weighted by Crippen LogP contribution is 2.32. The van der Waals surface area contributed by atoms with Crippen LogP contribution in [0.2, 0.25) is 0 Å². The number of nitrogens with zero attached hydrogens (tertiary/aromatic N) is 1. The van der Waals surface area contributed by atoms with Gasteiger partial charge in [0.15, 0.2) is 0 Å². The Morgan fingerprint density at radius 1 is 1.33 bits per heavy atom. The van der Waals surface area contributed by atoms with Crippen LogP contribution in [0.15, 0.2) is 18.2 Å². The van der Waals surface area contributed by atoms with E-state index in [1.165, 1.54) is 4.31 Å². The number of para-hydroxylation sites is 1. The second-order valence-corrected chi connectivity index (χ2v) is 8.04. The predicted octanol–water partition coefficient (Wildman–Crippen LogP) is 2.04. The number of aryl methyl sites for hydroxylation is 1. The Bertz CT molecular complexity index is 657. The Morgan fingerprint density at radius 3 is 2.54 bits per heavy atom. The van der Waals surface area contributed by atoms with Crippen molar-refractivity contribution in [2.24, 2.45) is 0 Å². The maximum atomic E-state index is 12.3. The van der Waals surface area contributed by atoms with E-state index in [9.17, 15) is 13.2 Å². The zero-order valence-corrected chi connectivity index (χ0v) is 15.9. The van der Waals surface area contributed by atoms with Crippen LogP contribution < -0.4 is 9.62 Å². The minimum absolute atomic E-state index is 0.147. The zero-order chi connectivity index (χ0) is 18.3. The van der Waals surface area contributed by atoms with Crippen molar-refractivity contribution in [2.75, 3.05) is 37.4 Å². The third-order valence-electron chi connectivity index (χ3n) is 3.68. The number of anilines is 1. The molecule has 0 unspecified atom stereocenters. The van der Waals surface area contributed by atoms with Crippen molar-refractivity contribution >= 4 is 21.6 Å². The lowest BCUT2D eigenvalue weighted by atomic mass is 9.98. The van der Waals surface area contributed by atoms with Crippen molar-refractivity contribution in [1.82, 2.24) is 5.32 Å². The molecule has 0 radical (unpaired) electrons. The van der Waals surface area contributed by atoms with Crippen LogP contribution in [0.3, 0.4) is 0 Å². The van der Waals surface area contributed by atoms with E-state index >= 15 is 0 Å². The Labute approximate surface area is 145 Å². The lowest BCUT2D eigenvalue weighted by Crippen LogP contribution is -2.41. The third-order valence-corrected chi connectivity index (χ3v) is 4.79. The van der Waals surface area contributed by atoms with Crippen LogP contribution >= 0.6 is 0 Å². The average Bonchev–Trinajstić information content (AvgIpc) is 2.48. The van der Waals surface area contributed by atoms with Gasteiger partial charge in [-0.25, -0.2) is 8.42 Å². The van der Waals surface area contributed by atoms with Crippen molar-refractivity contribution in [2.45, 2.75) is 33.1 Å². The van der Waals surface area contributed by atoms with E-state index in [1.54, 1.807) is 7.11 Å². The first-order valence-corrected chi connectivity index (χ1v) is 9.86. The smallest absolute Gasteiger partial charge is 0.240 e. The van der Waals surface area contributed by atoms with Crippen molar-refractivity contribution in [1.29, 1.82) is 0 Å². The highest BCUT2D eigenvalue weighted by atomic mass is 32.2. The molecule has 0 aliphatic carbocycles. The topological polar surface area (TPSA) is 75.7 Å². The molecule has 136 valence electrons. The summed E-state index contributed by atoms with van der Waals surface area (Å²) in [6.45, 7) is 6.64. The number of rotatable bonds is 9. The number of sulfonamides is 1. The molecular formula is C17H28N2O4S. The van der Waals surface area contributed by atoms with E-state index in [4.69, 9.17) is 4.74 Å². The molecule has 0 bridgehead atoms. The van der Waals surface area contributed by atoms with E-state index < -0.39 is 10.0 Å². The lowest BCUT2D eigenvalue weighted by molar-refractivity contribution is -0.119. The van der Waals surface area contributed by atoms with Gasteiger partial charge < -0.3 is 10.1 Å². The second kappa shape index (κ2) is 9.03. The van der Waals surface area contributed by atoms with Crippen molar-refractivity contribution < 1.29 is 17.9 Å². The van der Waals surface area contributed by atoms with Gasteiger partial charge in [0, 0.05) is 20.3 Å². The Kier molecular flexibility index (Phi) is 7.69. The fourth-order valence-electron chi connectivity index (χ4n) is 2.48. The minimum Gasteiger partial charge on any atom is -0.385 e. The van der Waals surface area contributed by atoms with Gasteiger partial charge in [-0.3, -0.25) is 9.10 Å². The van der Waals surface area contributed by atoms with Gasteiger partial charge in [-0.15, -0.1) is 0 Å². The van der Waals surface area contributed by atoms with Crippen LogP contribution in [0.4, 0.5) is 5.69 Å². The van der Waals surface area contributed by atoms with Gasteiger partial charge >= 0.3 is 0 Å². The SMILES string of the molecule is COCCCNC(=O)CN(c1c(C)cccc1C(C)C)S(C)(=O)=O. The van der Waals surface area contributed by atoms with Crippen LogP contribution in [0.5, 0.6) is 0 Å². The molecule has 6 nitrogen and oxygen atoms in total. The number of benzene rings is 1. The molecule has 1 rings (SSSR count). The fourth-order valence-corrected chi connectivity index (χ4v) is 3.41. The highest BCUT2D eigenvalue weighted by Gasteiger charge is 2.25. The van der Waals surface area contributed by atoms with E-state index in [0.29, 0.717) is 25.3 Å². The molecule has 0 fully saturated rings. The monoisotopic (exact) mass is 356 g/mol. The van der Waals surface area contributed by atoms with E-state index in [-0.39, 0.29) is 18.4 Å². The lowest BCUT2D eigenvalue weighted by Gasteiger charge is -2.27. The van der Waals surface area contributed by atoms with E-state index in [1.807, 2.05) is 39.0 Å². The summed E-state index contributed by atoms with van der Waals surface area (Å²) in [4.78, 5) is 12.2. The number of carbonyl (C=O) groups is 1. The van der Waals surface area contributed by atoms with Crippen LogP contribution in [-0.2, 0) is 19.6 Å². The first-order valence-electron chi connectivity index (χ1n) is 8.01. The molecule has 0 spiro atoms. The molecule has 0 aliphatic rings. The molecule has 24 heavy (non-hydrogen) atoms. The number of carbonyl (C=O) groups excluding carboxylic acids is 1. The fraction of sp³-hybridized carbons (Fsp3) is 0.588. The van der Waals surface area contributed by atoms with Gasteiger partial charge in [0.2, 0.25) is 15.9 Å². The van der Waals surface area contributed by atoms with Gasteiger partial charge in [-0.1, -0.05) is 32.0 Å². The molecule has 0 atom stereocenters. The number of hydrogen-bond donors (Lipinski definition) is 1. The first kappa shape index (κ1) is 20.4.